The Kier molecular flexibility index (Phi) is 5.41. The first-order chi connectivity index (χ1) is 10.0. The maximum absolute atomic E-state index is 12.0. The van der Waals surface area contributed by atoms with Crippen molar-refractivity contribution < 1.29 is 19.4 Å². The molecule has 0 aromatic heterocycles. The molecule has 3 N–H and O–H groups in total. The van der Waals surface area contributed by atoms with Crippen LogP contribution in [-0.4, -0.2) is 66.9 Å². The van der Waals surface area contributed by atoms with Crippen LogP contribution in [0.1, 0.15) is 32.1 Å². The van der Waals surface area contributed by atoms with E-state index in [-0.39, 0.29) is 0 Å². The predicted octanol–water partition coefficient (Wildman–Crippen LogP) is 0.404. The quantitative estimate of drug-likeness (QED) is 0.699. The number of rotatable bonds is 4. The molecule has 2 rings (SSSR count). The number of carboxylic acids is 1. The van der Waals surface area contributed by atoms with Crippen LogP contribution >= 0.6 is 0 Å². The Balaban J connectivity index is 1.83. The largest absolute Gasteiger partial charge is 0.480 e. The molecule has 0 aromatic carbocycles. The van der Waals surface area contributed by atoms with Crippen LogP contribution in [0.5, 0.6) is 0 Å². The van der Waals surface area contributed by atoms with Gasteiger partial charge in [0.1, 0.15) is 5.54 Å². The summed E-state index contributed by atoms with van der Waals surface area (Å²) in [5.41, 5.74) is -1.19. The van der Waals surface area contributed by atoms with Gasteiger partial charge in [-0.2, -0.15) is 0 Å². The van der Waals surface area contributed by atoms with Gasteiger partial charge in [-0.25, -0.2) is 9.59 Å². The summed E-state index contributed by atoms with van der Waals surface area (Å²) in [5.74, 6) is -0.990. The monoisotopic (exact) mass is 299 g/mol. The maximum atomic E-state index is 12.0. The fraction of sp³-hybridized carbons (Fsp3) is 0.857. The summed E-state index contributed by atoms with van der Waals surface area (Å²) in [6.45, 7) is 2.31. The van der Waals surface area contributed by atoms with Crippen LogP contribution < -0.4 is 10.6 Å². The van der Waals surface area contributed by atoms with Gasteiger partial charge >= 0.3 is 12.0 Å². The SMILES string of the molecule is CN1CCCCC1CNC(=O)NC1(C(=O)O)CCOCC1. The minimum Gasteiger partial charge on any atom is -0.480 e. The van der Waals surface area contributed by atoms with Gasteiger partial charge in [0.05, 0.1) is 0 Å². The topological polar surface area (TPSA) is 90.9 Å². The van der Waals surface area contributed by atoms with E-state index in [0.717, 1.165) is 13.0 Å². The number of aliphatic carboxylic acids is 1. The predicted molar refractivity (Wildman–Crippen MR) is 77.2 cm³/mol. The highest BCUT2D eigenvalue weighted by atomic mass is 16.5. The van der Waals surface area contributed by atoms with Crippen molar-refractivity contribution in [3.05, 3.63) is 0 Å². The van der Waals surface area contributed by atoms with Crippen LogP contribution in [-0.2, 0) is 9.53 Å². The van der Waals surface area contributed by atoms with Gasteiger partial charge in [0, 0.05) is 38.6 Å². The highest BCUT2D eigenvalue weighted by Crippen LogP contribution is 2.21. The van der Waals surface area contributed by atoms with E-state index < -0.39 is 17.5 Å². The molecule has 2 saturated heterocycles. The van der Waals surface area contributed by atoms with Crippen molar-refractivity contribution in [1.82, 2.24) is 15.5 Å². The summed E-state index contributed by atoms with van der Waals surface area (Å²) < 4.78 is 5.18. The van der Waals surface area contributed by atoms with Crippen LogP contribution in [0.4, 0.5) is 4.79 Å². The minimum absolute atomic E-state index is 0.305. The van der Waals surface area contributed by atoms with Gasteiger partial charge < -0.3 is 25.4 Å². The molecular formula is C14H25N3O4. The van der Waals surface area contributed by atoms with Gasteiger partial charge in [-0.15, -0.1) is 0 Å². The number of piperidine rings is 1. The van der Waals surface area contributed by atoms with E-state index in [1.165, 1.54) is 12.8 Å². The van der Waals surface area contributed by atoms with Crippen molar-refractivity contribution >= 4 is 12.0 Å². The number of amides is 2. The third kappa shape index (κ3) is 4.07. The number of carbonyl (C=O) groups excluding carboxylic acids is 1. The normalized spacial score (nSPS) is 26.0. The maximum Gasteiger partial charge on any atom is 0.329 e. The summed E-state index contributed by atoms with van der Waals surface area (Å²) >= 11 is 0. The molecule has 0 spiro atoms. The third-order valence-electron chi connectivity index (χ3n) is 4.53. The van der Waals surface area contributed by atoms with Crippen molar-refractivity contribution in [3.63, 3.8) is 0 Å². The van der Waals surface area contributed by atoms with Gasteiger partial charge in [-0.1, -0.05) is 6.42 Å². The molecule has 2 aliphatic rings. The van der Waals surface area contributed by atoms with Crippen LogP contribution in [0.2, 0.25) is 0 Å². The average molecular weight is 299 g/mol. The number of nitrogens with one attached hydrogen (secondary N) is 2. The molecule has 0 saturated carbocycles. The molecule has 7 heteroatoms. The van der Waals surface area contributed by atoms with E-state index >= 15 is 0 Å². The minimum atomic E-state index is -1.19. The van der Waals surface area contributed by atoms with E-state index in [0.29, 0.717) is 38.6 Å². The summed E-state index contributed by atoms with van der Waals surface area (Å²) in [6, 6.07) is -0.0711. The number of urea groups is 1. The van der Waals surface area contributed by atoms with Crippen LogP contribution in [0.3, 0.4) is 0 Å². The number of hydrogen-bond acceptors (Lipinski definition) is 4. The second-order valence-electron chi connectivity index (χ2n) is 5.96. The number of likely N-dealkylation sites (N-methyl/N-ethyl adjacent to an activating group) is 1. The van der Waals surface area contributed by atoms with Crippen molar-refractivity contribution in [2.75, 3.05) is 33.4 Å². The van der Waals surface area contributed by atoms with Gasteiger partial charge in [0.2, 0.25) is 0 Å². The summed E-state index contributed by atoms with van der Waals surface area (Å²) in [5, 5.41) is 14.8. The zero-order chi connectivity index (χ0) is 15.3. The lowest BCUT2D eigenvalue weighted by Crippen LogP contribution is -2.60. The van der Waals surface area contributed by atoms with Crippen molar-refractivity contribution in [3.8, 4) is 0 Å². The number of carbonyl (C=O) groups is 2. The highest BCUT2D eigenvalue weighted by molar-refractivity contribution is 5.86. The van der Waals surface area contributed by atoms with Gasteiger partial charge in [0.25, 0.3) is 0 Å². The molecule has 2 aliphatic heterocycles. The zero-order valence-corrected chi connectivity index (χ0v) is 12.6. The molecule has 2 fully saturated rings. The van der Waals surface area contributed by atoms with Crippen molar-refractivity contribution in [1.29, 1.82) is 0 Å². The van der Waals surface area contributed by atoms with E-state index in [2.05, 4.69) is 22.6 Å². The van der Waals surface area contributed by atoms with Crippen LogP contribution in [0, 0.1) is 0 Å². The van der Waals surface area contributed by atoms with Crippen LogP contribution in [0.25, 0.3) is 0 Å². The number of nitrogens with zero attached hydrogens (tertiary/aromatic N) is 1. The first-order valence-corrected chi connectivity index (χ1v) is 7.61. The Bertz CT molecular complexity index is 382. The molecule has 2 amide bonds. The Hall–Kier alpha value is -1.34. The second kappa shape index (κ2) is 7.09. The lowest BCUT2D eigenvalue weighted by Gasteiger charge is -2.35. The van der Waals surface area contributed by atoms with Crippen molar-refractivity contribution in [2.45, 2.75) is 43.7 Å². The Morgan fingerprint density at radius 1 is 1.33 bits per heavy atom. The van der Waals surface area contributed by atoms with E-state index in [1.54, 1.807) is 0 Å². The highest BCUT2D eigenvalue weighted by Gasteiger charge is 2.41. The Morgan fingerprint density at radius 2 is 2.05 bits per heavy atom. The average Bonchev–Trinajstić information content (AvgIpc) is 2.47. The molecule has 0 aromatic rings. The van der Waals surface area contributed by atoms with Gasteiger partial charge in [-0.3, -0.25) is 0 Å². The number of hydrogen-bond donors (Lipinski definition) is 3. The standard InChI is InChI=1S/C14H25N3O4/c1-17-7-3-2-4-11(17)10-15-13(20)16-14(12(18)19)5-8-21-9-6-14/h11H,2-10H2,1H3,(H,18,19)(H2,15,16,20). The molecule has 1 unspecified atom stereocenters. The molecule has 1 atom stereocenters. The fourth-order valence-corrected chi connectivity index (χ4v) is 2.99. The Labute approximate surface area is 125 Å². The second-order valence-corrected chi connectivity index (χ2v) is 5.96. The molecule has 0 radical (unpaired) electrons. The van der Waals surface area contributed by atoms with E-state index in [1.807, 2.05) is 0 Å². The molecule has 2 heterocycles. The van der Waals surface area contributed by atoms with Crippen molar-refractivity contribution in [2.24, 2.45) is 0 Å². The smallest absolute Gasteiger partial charge is 0.329 e. The number of likely N-dealkylation sites (tertiary alicyclic amines) is 1. The molecule has 7 nitrogen and oxygen atoms in total. The molecule has 21 heavy (non-hydrogen) atoms. The molecule has 120 valence electrons. The lowest BCUT2D eigenvalue weighted by atomic mass is 9.90. The summed E-state index contributed by atoms with van der Waals surface area (Å²) in [7, 11) is 2.06. The molecular weight excluding hydrogens is 274 g/mol. The third-order valence-corrected chi connectivity index (χ3v) is 4.53. The number of carboxylic acid groups (broad SMARTS) is 1. The van der Waals surface area contributed by atoms with Crippen LogP contribution in [0.15, 0.2) is 0 Å². The first-order valence-electron chi connectivity index (χ1n) is 7.61. The lowest BCUT2D eigenvalue weighted by molar-refractivity contribution is -0.148. The van der Waals surface area contributed by atoms with Gasteiger partial charge in [-0.05, 0) is 26.4 Å². The van der Waals surface area contributed by atoms with E-state index in [4.69, 9.17) is 4.74 Å². The fourth-order valence-electron chi connectivity index (χ4n) is 2.99. The summed E-state index contributed by atoms with van der Waals surface area (Å²) in [4.78, 5) is 25.7. The van der Waals surface area contributed by atoms with Gasteiger partial charge in [0.15, 0.2) is 0 Å². The molecule has 0 bridgehead atoms. The first kappa shape index (κ1) is 16.0. The zero-order valence-electron chi connectivity index (χ0n) is 12.6. The summed E-state index contributed by atoms with van der Waals surface area (Å²) in [6.07, 6.45) is 4.04. The Morgan fingerprint density at radius 3 is 2.67 bits per heavy atom. The van der Waals surface area contributed by atoms with E-state index in [9.17, 15) is 14.7 Å². The number of ether oxygens (including phenoxy) is 1. The molecule has 0 aliphatic carbocycles.